The normalized spacial score (nSPS) is 21.4. The van der Waals surface area contributed by atoms with Crippen LogP contribution in [-0.2, 0) is 11.3 Å². The minimum atomic E-state index is 0.387. The van der Waals surface area contributed by atoms with E-state index in [1.54, 1.807) is 18.1 Å². The van der Waals surface area contributed by atoms with Crippen molar-refractivity contribution in [3.05, 3.63) is 42.7 Å². The SMILES string of the molecule is COCc1noc(N2CCC([C@H]3C[C@H]3CCOc3ccc(-n4cncn4)cc3)CC2)n1. The van der Waals surface area contributed by atoms with Crippen LogP contribution in [-0.4, -0.2) is 51.7 Å². The molecule has 0 N–H and O–H groups in total. The highest BCUT2D eigenvalue weighted by Gasteiger charge is 2.43. The molecule has 2 fully saturated rings. The summed E-state index contributed by atoms with van der Waals surface area (Å²) in [4.78, 5) is 10.6. The summed E-state index contributed by atoms with van der Waals surface area (Å²) in [5.41, 5.74) is 0.980. The van der Waals surface area contributed by atoms with Gasteiger partial charge in [-0.1, -0.05) is 5.16 Å². The molecule has 1 saturated heterocycles. The van der Waals surface area contributed by atoms with Gasteiger partial charge in [-0.2, -0.15) is 10.1 Å². The van der Waals surface area contributed by atoms with Gasteiger partial charge in [-0.15, -0.1) is 0 Å². The number of nitrogens with zero attached hydrogens (tertiary/aromatic N) is 6. The number of aromatic nitrogens is 5. The van der Waals surface area contributed by atoms with E-state index < -0.39 is 0 Å². The van der Waals surface area contributed by atoms with Crippen LogP contribution in [0, 0.1) is 17.8 Å². The van der Waals surface area contributed by atoms with Gasteiger partial charge in [-0.05, 0) is 67.7 Å². The smallest absolute Gasteiger partial charge is 0.324 e. The maximum atomic E-state index is 5.97. The first kappa shape index (κ1) is 20.0. The zero-order valence-corrected chi connectivity index (χ0v) is 17.8. The molecule has 1 aliphatic heterocycles. The van der Waals surface area contributed by atoms with E-state index in [-0.39, 0.29) is 0 Å². The summed E-state index contributed by atoms with van der Waals surface area (Å²) in [7, 11) is 1.63. The van der Waals surface area contributed by atoms with E-state index in [1.807, 2.05) is 24.3 Å². The standard InChI is InChI=1S/C22H28N6O3/c1-29-13-21-25-22(31-26-21)27-9-6-16(7-10-27)20-12-17(20)8-11-30-19-4-2-18(3-5-19)28-15-23-14-24-28/h2-5,14-17,20H,6-13H2,1H3/t17-,20-/m1/s1. The van der Waals surface area contributed by atoms with Crippen LogP contribution in [0.3, 0.4) is 0 Å². The van der Waals surface area contributed by atoms with Gasteiger partial charge in [-0.25, -0.2) is 9.67 Å². The number of ether oxygens (including phenoxy) is 2. The Morgan fingerprint density at radius 1 is 1.16 bits per heavy atom. The predicted molar refractivity (Wildman–Crippen MR) is 113 cm³/mol. The molecule has 5 rings (SSSR count). The van der Waals surface area contributed by atoms with Crippen molar-refractivity contribution in [1.29, 1.82) is 0 Å². The average Bonchev–Trinajstić information content (AvgIpc) is 3.18. The van der Waals surface area contributed by atoms with Gasteiger partial charge < -0.3 is 18.9 Å². The van der Waals surface area contributed by atoms with E-state index in [0.717, 1.165) is 55.3 Å². The molecule has 3 heterocycles. The quantitative estimate of drug-likeness (QED) is 0.517. The molecule has 0 bridgehead atoms. The van der Waals surface area contributed by atoms with Crippen molar-refractivity contribution in [3.8, 4) is 11.4 Å². The minimum absolute atomic E-state index is 0.387. The Balaban J connectivity index is 1.02. The van der Waals surface area contributed by atoms with Gasteiger partial charge in [0, 0.05) is 20.2 Å². The molecule has 9 heteroatoms. The molecular weight excluding hydrogens is 396 g/mol. The molecule has 31 heavy (non-hydrogen) atoms. The molecular formula is C22H28N6O3. The molecule has 2 aromatic heterocycles. The number of hydrogen-bond acceptors (Lipinski definition) is 8. The highest BCUT2D eigenvalue weighted by molar-refractivity contribution is 5.36. The minimum Gasteiger partial charge on any atom is -0.494 e. The Kier molecular flexibility index (Phi) is 5.84. The fraction of sp³-hybridized carbons (Fsp3) is 0.545. The van der Waals surface area contributed by atoms with Crippen molar-refractivity contribution in [2.75, 3.05) is 31.7 Å². The van der Waals surface area contributed by atoms with E-state index >= 15 is 0 Å². The summed E-state index contributed by atoms with van der Waals surface area (Å²) in [5.74, 6) is 3.94. The summed E-state index contributed by atoms with van der Waals surface area (Å²) in [6.07, 6.45) is 8.05. The molecule has 1 saturated carbocycles. The Morgan fingerprint density at radius 2 is 2.00 bits per heavy atom. The number of anilines is 1. The number of rotatable bonds is 9. The van der Waals surface area contributed by atoms with Gasteiger partial charge in [0.25, 0.3) is 0 Å². The van der Waals surface area contributed by atoms with Crippen LogP contribution < -0.4 is 9.64 Å². The molecule has 1 aromatic carbocycles. The third kappa shape index (κ3) is 4.71. The second-order valence-electron chi connectivity index (χ2n) is 8.38. The molecule has 2 aliphatic rings. The third-order valence-electron chi connectivity index (χ3n) is 6.40. The summed E-state index contributed by atoms with van der Waals surface area (Å²) in [6.45, 7) is 3.12. The van der Waals surface area contributed by atoms with E-state index in [0.29, 0.717) is 18.4 Å². The Bertz CT molecular complexity index is 950. The first-order valence-electron chi connectivity index (χ1n) is 10.9. The lowest BCUT2D eigenvalue weighted by Gasteiger charge is -2.30. The zero-order valence-electron chi connectivity index (χ0n) is 17.8. The topological polar surface area (TPSA) is 91.3 Å². The highest BCUT2D eigenvalue weighted by Crippen LogP contribution is 2.49. The van der Waals surface area contributed by atoms with E-state index in [1.165, 1.54) is 25.6 Å². The molecule has 2 atom stereocenters. The van der Waals surface area contributed by atoms with Gasteiger partial charge in [0.15, 0.2) is 5.82 Å². The summed E-state index contributed by atoms with van der Waals surface area (Å²) >= 11 is 0. The molecule has 9 nitrogen and oxygen atoms in total. The van der Waals surface area contributed by atoms with E-state index in [4.69, 9.17) is 14.0 Å². The van der Waals surface area contributed by atoms with Crippen LogP contribution in [0.5, 0.6) is 5.75 Å². The van der Waals surface area contributed by atoms with E-state index in [2.05, 4.69) is 25.1 Å². The molecule has 164 valence electrons. The molecule has 3 aromatic rings. The second-order valence-corrected chi connectivity index (χ2v) is 8.38. The average molecular weight is 425 g/mol. The fourth-order valence-corrected chi connectivity index (χ4v) is 4.62. The lowest BCUT2D eigenvalue weighted by atomic mass is 9.90. The van der Waals surface area contributed by atoms with E-state index in [9.17, 15) is 0 Å². The maximum absolute atomic E-state index is 5.97. The van der Waals surface area contributed by atoms with Crippen molar-refractivity contribution in [2.45, 2.75) is 32.3 Å². The summed E-state index contributed by atoms with van der Waals surface area (Å²) in [6, 6.07) is 8.61. The monoisotopic (exact) mass is 424 g/mol. The highest BCUT2D eigenvalue weighted by atomic mass is 16.5. The van der Waals surface area contributed by atoms with Crippen LogP contribution >= 0.6 is 0 Å². The largest absolute Gasteiger partial charge is 0.494 e. The summed E-state index contributed by atoms with van der Waals surface area (Å²) in [5, 5.41) is 8.10. The second kappa shape index (κ2) is 9.05. The summed E-state index contributed by atoms with van der Waals surface area (Å²) < 4.78 is 18.1. The fourth-order valence-electron chi connectivity index (χ4n) is 4.62. The van der Waals surface area contributed by atoms with Crippen molar-refractivity contribution >= 4 is 6.01 Å². The van der Waals surface area contributed by atoms with Gasteiger partial charge in [0.2, 0.25) is 0 Å². The van der Waals surface area contributed by atoms with Crippen LogP contribution in [0.15, 0.2) is 41.4 Å². The Morgan fingerprint density at radius 3 is 2.74 bits per heavy atom. The first-order chi connectivity index (χ1) is 15.3. The lowest BCUT2D eigenvalue weighted by molar-refractivity contribution is 0.174. The van der Waals surface area contributed by atoms with Crippen LogP contribution in [0.1, 0.15) is 31.5 Å². The number of piperidine rings is 1. The van der Waals surface area contributed by atoms with Crippen LogP contribution in [0.4, 0.5) is 6.01 Å². The predicted octanol–water partition coefficient (Wildman–Crippen LogP) is 3.12. The molecule has 1 aliphatic carbocycles. The molecule has 0 amide bonds. The van der Waals surface area contributed by atoms with Gasteiger partial charge in [-0.3, -0.25) is 0 Å². The van der Waals surface area contributed by atoms with Crippen molar-refractivity contribution in [2.24, 2.45) is 17.8 Å². The third-order valence-corrected chi connectivity index (χ3v) is 6.40. The number of hydrogen-bond donors (Lipinski definition) is 0. The zero-order chi connectivity index (χ0) is 21.0. The Labute approximate surface area is 181 Å². The molecule has 0 unspecified atom stereocenters. The van der Waals surface area contributed by atoms with Crippen LogP contribution in [0.25, 0.3) is 5.69 Å². The van der Waals surface area contributed by atoms with Crippen molar-refractivity contribution < 1.29 is 14.0 Å². The first-order valence-corrected chi connectivity index (χ1v) is 10.9. The molecule has 0 spiro atoms. The molecule has 0 radical (unpaired) electrons. The van der Waals surface area contributed by atoms with Crippen molar-refractivity contribution in [1.82, 2.24) is 24.9 Å². The van der Waals surface area contributed by atoms with Gasteiger partial charge in [0.1, 0.15) is 25.0 Å². The number of methoxy groups -OCH3 is 1. The lowest BCUT2D eigenvalue weighted by Crippen LogP contribution is -2.34. The van der Waals surface area contributed by atoms with Gasteiger partial charge in [0.05, 0.1) is 12.3 Å². The van der Waals surface area contributed by atoms with Crippen molar-refractivity contribution in [3.63, 3.8) is 0 Å². The van der Waals surface area contributed by atoms with Crippen LogP contribution in [0.2, 0.25) is 0 Å². The maximum Gasteiger partial charge on any atom is 0.324 e. The Hall–Kier alpha value is -2.94. The number of benzene rings is 1. The van der Waals surface area contributed by atoms with Gasteiger partial charge >= 0.3 is 6.01 Å².